The normalized spacial score (nSPS) is 11.0. The lowest BCUT2D eigenvalue weighted by molar-refractivity contribution is 0.247. The molecule has 1 aromatic heterocycles. The van der Waals surface area contributed by atoms with Gasteiger partial charge in [0, 0.05) is 17.3 Å². The van der Waals surface area contributed by atoms with E-state index < -0.39 is 0 Å². The first kappa shape index (κ1) is 16.1. The van der Waals surface area contributed by atoms with Gasteiger partial charge in [-0.3, -0.25) is 0 Å². The van der Waals surface area contributed by atoms with E-state index in [1.807, 2.05) is 48.5 Å². The van der Waals surface area contributed by atoms with Gasteiger partial charge in [-0.2, -0.15) is 0 Å². The van der Waals surface area contributed by atoms with Crippen molar-refractivity contribution in [1.82, 2.24) is 10.3 Å². The van der Waals surface area contributed by atoms with Gasteiger partial charge in [-0.25, -0.2) is 9.78 Å². The fourth-order valence-electron chi connectivity index (χ4n) is 2.57. The van der Waals surface area contributed by atoms with Crippen molar-refractivity contribution in [2.75, 3.05) is 5.32 Å². The second-order valence-electron chi connectivity index (χ2n) is 5.68. The maximum absolute atomic E-state index is 12.1. The fourth-order valence-corrected chi connectivity index (χ4v) is 2.57. The van der Waals surface area contributed by atoms with Gasteiger partial charge in [0.1, 0.15) is 5.52 Å². The predicted octanol–water partition coefficient (Wildman–Crippen LogP) is 4.80. The smallest absolute Gasteiger partial charge is 0.319 e. The van der Waals surface area contributed by atoms with Crippen molar-refractivity contribution >= 4 is 22.8 Å². The van der Waals surface area contributed by atoms with Crippen LogP contribution in [0, 0.1) is 0 Å². The Morgan fingerprint density at radius 2 is 1.92 bits per heavy atom. The minimum atomic E-state index is -0.196. The number of oxazole rings is 1. The average Bonchev–Trinajstić information content (AvgIpc) is 3.04. The molecule has 0 aliphatic heterocycles. The zero-order valence-electron chi connectivity index (χ0n) is 13.9. The van der Waals surface area contributed by atoms with Gasteiger partial charge in [-0.1, -0.05) is 32.0 Å². The monoisotopic (exact) mass is 323 g/mol. The Hall–Kier alpha value is -2.82. The molecule has 0 aliphatic carbocycles. The Labute approximate surface area is 141 Å². The Bertz CT molecular complexity index is 804. The Kier molecular flexibility index (Phi) is 4.79. The molecule has 5 heteroatoms. The highest BCUT2D eigenvalue weighted by atomic mass is 16.3. The van der Waals surface area contributed by atoms with Crippen molar-refractivity contribution in [3.8, 4) is 11.5 Å². The molecule has 0 bridgehead atoms. The molecule has 0 aliphatic rings. The van der Waals surface area contributed by atoms with Crippen molar-refractivity contribution in [1.29, 1.82) is 0 Å². The molecule has 0 spiro atoms. The van der Waals surface area contributed by atoms with Gasteiger partial charge < -0.3 is 15.1 Å². The summed E-state index contributed by atoms with van der Waals surface area (Å²) < 4.78 is 5.77. The molecular weight excluding hydrogens is 302 g/mol. The standard InChI is InChI=1S/C19H21N3O2/c1-3-14(4-2)20-19(23)21-15-9-7-8-13(12-15)18-22-16-10-5-6-11-17(16)24-18/h5-12,14H,3-4H2,1-2H3,(H2,20,21,23). The van der Waals surface area contributed by atoms with Crippen LogP contribution in [0.2, 0.25) is 0 Å². The molecule has 2 amide bonds. The minimum absolute atomic E-state index is 0.185. The summed E-state index contributed by atoms with van der Waals surface area (Å²) >= 11 is 0. The van der Waals surface area contributed by atoms with E-state index in [4.69, 9.17) is 4.42 Å². The number of carbonyl (C=O) groups excluding carboxylic acids is 1. The van der Waals surface area contributed by atoms with Gasteiger partial charge in [-0.15, -0.1) is 0 Å². The Morgan fingerprint density at radius 3 is 2.67 bits per heavy atom. The summed E-state index contributed by atoms with van der Waals surface area (Å²) in [4.78, 5) is 16.6. The molecule has 2 aromatic carbocycles. The largest absolute Gasteiger partial charge is 0.436 e. The number of hydrogen-bond donors (Lipinski definition) is 2. The number of hydrogen-bond acceptors (Lipinski definition) is 3. The van der Waals surface area contributed by atoms with Crippen LogP contribution >= 0.6 is 0 Å². The lowest BCUT2D eigenvalue weighted by Gasteiger charge is -2.15. The van der Waals surface area contributed by atoms with Crippen LogP contribution in [0.25, 0.3) is 22.6 Å². The lowest BCUT2D eigenvalue weighted by atomic mass is 10.2. The number of fused-ring (bicyclic) bond motifs is 1. The summed E-state index contributed by atoms with van der Waals surface area (Å²) in [5.41, 5.74) is 3.10. The van der Waals surface area contributed by atoms with E-state index in [1.165, 1.54) is 0 Å². The molecule has 0 unspecified atom stereocenters. The number of urea groups is 1. The fraction of sp³-hybridized carbons (Fsp3) is 0.263. The zero-order chi connectivity index (χ0) is 16.9. The van der Waals surface area contributed by atoms with Gasteiger partial charge in [0.05, 0.1) is 0 Å². The number of rotatable bonds is 5. The van der Waals surface area contributed by atoms with E-state index >= 15 is 0 Å². The van der Waals surface area contributed by atoms with E-state index in [0.29, 0.717) is 11.6 Å². The Morgan fingerprint density at radius 1 is 1.12 bits per heavy atom. The molecule has 124 valence electrons. The highest BCUT2D eigenvalue weighted by molar-refractivity contribution is 5.90. The van der Waals surface area contributed by atoms with Gasteiger partial charge in [0.25, 0.3) is 0 Å². The zero-order valence-corrected chi connectivity index (χ0v) is 13.9. The number of anilines is 1. The van der Waals surface area contributed by atoms with Crippen LogP contribution < -0.4 is 10.6 Å². The van der Waals surface area contributed by atoms with Gasteiger partial charge >= 0.3 is 6.03 Å². The molecule has 0 fully saturated rings. The lowest BCUT2D eigenvalue weighted by Crippen LogP contribution is -2.37. The first-order valence-electron chi connectivity index (χ1n) is 8.23. The van der Waals surface area contributed by atoms with Crippen molar-refractivity contribution < 1.29 is 9.21 Å². The summed E-state index contributed by atoms with van der Waals surface area (Å²) in [6.07, 6.45) is 1.82. The third kappa shape index (κ3) is 3.56. The molecule has 0 atom stereocenters. The maximum Gasteiger partial charge on any atom is 0.319 e. The minimum Gasteiger partial charge on any atom is -0.436 e. The van der Waals surface area contributed by atoms with Crippen molar-refractivity contribution in [2.24, 2.45) is 0 Å². The highest BCUT2D eigenvalue weighted by Crippen LogP contribution is 2.26. The molecule has 0 saturated heterocycles. The second kappa shape index (κ2) is 7.17. The van der Waals surface area contributed by atoms with Gasteiger partial charge in [-0.05, 0) is 43.2 Å². The quantitative estimate of drug-likeness (QED) is 0.708. The summed E-state index contributed by atoms with van der Waals surface area (Å²) in [5, 5.41) is 5.82. The number of aromatic nitrogens is 1. The van der Waals surface area contributed by atoms with Crippen LogP contribution in [0.1, 0.15) is 26.7 Å². The predicted molar refractivity (Wildman–Crippen MR) is 96.0 cm³/mol. The van der Waals surface area contributed by atoms with E-state index in [1.54, 1.807) is 0 Å². The van der Waals surface area contributed by atoms with Crippen LogP contribution in [-0.4, -0.2) is 17.1 Å². The van der Waals surface area contributed by atoms with Crippen LogP contribution in [0.5, 0.6) is 0 Å². The highest BCUT2D eigenvalue weighted by Gasteiger charge is 2.11. The number of amides is 2. The summed E-state index contributed by atoms with van der Waals surface area (Å²) in [6.45, 7) is 4.12. The summed E-state index contributed by atoms with van der Waals surface area (Å²) in [6, 6.07) is 15.1. The molecule has 5 nitrogen and oxygen atoms in total. The molecule has 24 heavy (non-hydrogen) atoms. The number of nitrogens with one attached hydrogen (secondary N) is 2. The van der Waals surface area contributed by atoms with Crippen LogP contribution in [0.4, 0.5) is 10.5 Å². The topological polar surface area (TPSA) is 67.2 Å². The van der Waals surface area contributed by atoms with Crippen molar-refractivity contribution in [2.45, 2.75) is 32.7 Å². The van der Waals surface area contributed by atoms with E-state index in [9.17, 15) is 4.79 Å². The summed E-state index contributed by atoms with van der Waals surface area (Å²) in [5.74, 6) is 0.542. The van der Waals surface area contributed by atoms with E-state index in [2.05, 4.69) is 29.5 Å². The van der Waals surface area contributed by atoms with Crippen molar-refractivity contribution in [3.05, 3.63) is 48.5 Å². The van der Waals surface area contributed by atoms with Crippen molar-refractivity contribution in [3.63, 3.8) is 0 Å². The molecule has 1 heterocycles. The molecule has 3 aromatic rings. The van der Waals surface area contributed by atoms with Gasteiger partial charge in [0.15, 0.2) is 5.58 Å². The molecule has 0 saturated carbocycles. The first-order valence-corrected chi connectivity index (χ1v) is 8.23. The number of carbonyl (C=O) groups is 1. The van der Waals surface area contributed by atoms with Gasteiger partial charge in [0.2, 0.25) is 5.89 Å². The van der Waals surface area contributed by atoms with Crippen LogP contribution in [-0.2, 0) is 0 Å². The third-order valence-corrected chi connectivity index (χ3v) is 3.98. The molecule has 3 rings (SSSR count). The second-order valence-corrected chi connectivity index (χ2v) is 5.68. The maximum atomic E-state index is 12.1. The summed E-state index contributed by atoms with van der Waals surface area (Å²) in [7, 11) is 0. The third-order valence-electron chi connectivity index (χ3n) is 3.98. The molecular formula is C19H21N3O2. The number of para-hydroxylation sites is 2. The Balaban J connectivity index is 1.77. The van der Waals surface area contributed by atoms with E-state index in [0.717, 1.165) is 29.5 Å². The molecule has 2 N–H and O–H groups in total. The molecule has 0 radical (unpaired) electrons. The average molecular weight is 323 g/mol. The number of nitrogens with zero attached hydrogens (tertiary/aromatic N) is 1. The number of benzene rings is 2. The first-order chi connectivity index (χ1) is 11.7. The van der Waals surface area contributed by atoms with E-state index in [-0.39, 0.29) is 12.1 Å². The van der Waals surface area contributed by atoms with Crippen LogP contribution in [0.3, 0.4) is 0 Å². The SMILES string of the molecule is CCC(CC)NC(=O)Nc1cccc(-c2nc3ccccc3o2)c1. The van der Waals surface area contributed by atoms with Crippen LogP contribution in [0.15, 0.2) is 52.9 Å².